The van der Waals surface area contributed by atoms with E-state index in [0.717, 1.165) is 43.4 Å². The van der Waals surface area contributed by atoms with Gasteiger partial charge in [0, 0.05) is 17.3 Å². The summed E-state index contributed by atoms with van der Waals surface area (Å²) in [5.74, 6) is 0.630. The zero-order valence-corrected chi connectivity index (χ0v) is 14.9. The molecule has 4 nitrogen and oxygen atoms in total. The molecular formula is C20H27N3O. The van der Waals surface area contributed by atoms with Crippen molar-refractivity contribution in [3.8, 4) is 5.69 Å². The number of hydrogen-bond donors (Lipinski definition) is 1. The van der Waals surface area contributed by atoms with Crippen LogP contribution in [0.15, 0.2) is 30.3 Å². The zero-order chi connectivity index (χ0) is 17.1. The highest BCUT2D eigenvalue weighted by molar-refractivity contribution is 5.94. The number of rotatable bonds is 6. The second-order valence-corrected chi connectivity index (χ2v) is 7.22. The van der Waals surface area contributed by atoms with Crippen LogP contribution >= 0.6 is 0 Å². The van der Waals surface area contributed by atoms with Gasteiger partial charge in [-0.15, -0.1) is 0 Å². The maximum atomic E-state index is 12.7. The van der Waals surface area contributed by atoms with Crippen molar-refractivity contribution >= 4 is 5.91 Å². The summed E-state index contributed by atoms with van der Waals surface area (Å²) in [6.45, 7) is 6.50. The van der Waals surface area contributed by atoms with Crippen LogP contribution in [0.2, 0.25) is 0 Å². The van der Waals surface area contributed by atoms with Crippen molar-refractivity contribution in [3.63, 3.8) is 0 Å². The summed E-state index contributed by atoms with van der Waals surface area (Å²) in [5, 5.41) is 7.79. The van der Waals surface area contributed by atoms with Gasteiger partial charge >= 0.3 is 0 Å². The molecule has 128 valence electrons. The smallest absolute Gasteiger partial charge is 0.272 e. The van der Waals surface area contributed by atoms with E-state index in [-0.39, 0.29) is 11.9 Å². The third-order valence-electron chi connectivity index (χ3n) is 4.70. The van der Waals surface area contributed by atoms with Gasteiger partial charge in [0.2, 0.25) is 0 Å². The number of amides is 1. The van der Waals surface area contributed by atoms with E-state index in [1.807, 2.05) is 35.0 Å². The van der Waals surface area contributed by atoms with Gasteiger partial charge in [0.05, 0.1) is 5.69 Å². The fourth-order valence-corrected chi connectivity index (χ4v) is 3.35. The van der Waals surface area contributed by atoms with Crippen molar-refractivity contribution in [3.05, 3.63) is 47.3 Å². The molecule has 1 heterocycles. The number of aromatic nitrogens is 2. The topological polar surface area (TPSA) is 46.9 Å². The molecule has 3 rings (SSSR count). The second-order valence-electron chi connectivity index (χ2n) is 7.22. The largest absolute Gasteiger partial charge is 0.348 e. The summed E-state index contributed by atoms with van der Waals surface area (Å²) in [6, 6.07) is 10.3. The van der Waals surface area contributed by atoms with Crippen molar-refractivity contribution in [2.24, 2.45) is 5.92 Å². The Morgan fingerprint density at radius 1 is 1.17 bits per heavy atom. The lowest BCUT2D eigenvalue weighted by molar-refractivity contribution is 0.0931. The highest BCUT2D eigenvalue weighted by atomic mass is 16.2. The van der Waals surface area contributed by atoms with Crippen molar-refractivity contribution in [1.29, 1.82) is 0 Å². The van der Waals surface area contributed by atoms with Crippen LogP contribution in [0.1, 0.15) is 61.8 Å². The molecule has 1 aromatic carbocycles. The Balaban J connectivity index is 1.80. The molecule has 24 heavy (non-hydrogen) atoms. The Hall–Kier alpha value is -2.10. The van der Waals surface area contributed by atoms with Gasteiger partial charge < -0.3 is 5.32 Å². The molecule has 1 aliphatic rings. The number of carbonyl (C=O) groups is 1. The highest BCUT2D eigenvalue weighted by Gasteiger charge is 2.27. The van der Waals surface area contributed by atoms with E-state index >= 15 is 0 Å². The molecule has 0 radical (unpaired) electrons. The Labute approximate surface area is 144 Å². The molecule has 1 aromatic heterocycles. The summed E-state index contributed by atoms with van der Waals surface area (Å²) in [4.78, 5) is 12.7. The minimum absolute atomic E-state index is 0.0286. The molecule has 4 heteroatoms. The van der Waals surface area contributed by atoms with E-state index in [4.69, 9.17) is 0 Å². The minimum Gasteiger partial charge on any atom is -0.348 e. The Morgan fingerprint density at radius 3 is 2.62 bits per heavy atom. The van der Waals surface area contributed by atoms with E-state index in [9.17, 15) is 4.79 Å². The average molecular weight is 325 g/mol. The van der Waals surface area contributed by atoms with Crippen LogP contribution in [0.4, 0.5) is 0 Å². The van der Waals surface area contributed by atoms with Crippen molar-refractivity contribution in [2.75, 3.05) is 0 Å². The number of hydrogen-bond acceptors (Lipinski definition) is 2. The zero-order valence-electron chi connectivity index (χ0n) is 14.9. The lowest BCUT2D eigenvalue weighted by atomic mass is 10.0. The van der Waals surface area contributed by atoms with E-state index in [1.165, 1.54) is 5.69 Å². The molecule has 0 bridgehead atoms. The van der Waals surface area contributed by atoms with Crippen LogP contribution in [0.5, 0.6) is 0 Å². The van der Waals surface area contributed by atoms with Crippen LogP contribution in [0.25, 0.3) is 5.69 Å². The number of carbonyl (C=O) groups excluding carboxylic acids is 1. The van der Waals surface area contributed by atoms with Crippen molar-refractivity contribution in [2.45, 2.75) is 58.9 Å². The molecule has 1 N–H and O–H groups in total. The van der Waals surface area contributed by atoms with Gasteiger partial charge in [-0.1, -0.05) is 32.0 Å². The summed E-state index contributed by atoms with van der Waals surface area (Å²) >= 11 is 0. The fourth-order valence-electron chi connectivity index (χ4n) is 3.35. The lowest BCUT2D eigenvalue weighted by Gasteiger charge is -2.14. The SMILES string of the molecule is CC(C)CCC(C)NC(=O)c1nn(-c2ccccc2)c2c1CCC2. The van der Waals surface area contributed by atoms with E-state index in [2.05, 4.69) is 31.2 Å². The minimum atomic E-state index is -0.0286. The number of nitrogens with one attached hydrogen (secondary N) is 1. The first-order valence-corrected chi connectivity index (χ1v) is 9.03. The Bertz CT molecular complexity index is 703. The molecule has 1 unspecified atom stereocenters. The monoisotopic (exact) mass is 325 g/mol. The third kappa shape index (κ3) is 3.53. The summed E-state index contributed by atoms with van der Waals surface area (Å²) in [6.07, 6.45) is 5.17. The maximum Gasteiger partial charge on any atom is 0.272 e. The van der Waals surface area contributed by atoms with Gasteiger partial charge in [-0.2, -0.15) is 5.10 Å². The Morgan fingerprint density at radius 2 is 1.92 bits per heavy atom. The molecular weight excluding hydrogens is 298 g/mol. The molecule has 0 aliphatic heterocycles. The quantitative estimate of drug-likeness (QED) is 0.875. The van der Waals surface area contributed by atoms with Crippen LogP contribution in [-0.2, 0) is 12.8 Å². The molecule has 1 aliphatic carbocycles. The van der Waals surface area contributed by atoms with E-state index in [0.29, 0.717) is 11.6 Å². The molecule has 0 spiro atoms. The molecule has 2 aromatic rings. The maximum absolute atomic E-state index is 12.7. The standard InChI is InChI=1S/C20H27N3O/c1-14(2)12-13-15(3)21-20(24)19-17-10-7-11-18(17)23(22-19)16-8-5-4-6-9-16/h4-6,8-9,14-15H,7,10-13H2,1-3H3,(H,21,24). The predicted octanol–water partition coefficient (Wildman–Crippen LogP) is 3.92. The number of para-hydroxylation sites is 1. The summed E-state index contributed by atoms with van der Waals surface area (Å²) in [7, 11) is 0. The average Bonchev–Trinajstić information content (AvgIpc) is 3.15. The number of nitrogens with zero attached hydrogens (tertiary/aromatic N) is 2. The Kier molecular flexibility index (Phi) is 5.03. The van der Waals surface area contributed by atoms with Crippen molar-refractivity contribution in [1.82, 2.24) is 15.1 Å². The first kappa shape index (κ1) is 16.7. The van der Waals surface area contributed by atoms with Gasteiger partial charge in [0.15, 0.2) is 5.69 Å². The molecule has 0 saturated heterocycles. The lowest BCUT2D eigenvalue weighted by Crippen LogP contribution is -2.33. The molecule has 1 atom stereocenters. The summed E-state index contributed by atoms with van der Waals surface area (Å²) < 4.78 is 1.95. The fraction of sp³-hybridized carbons (Fsp3) is 0.500. The number of benzene rings is 1. The second kappa shape index (κ2) is 7.20. The van der Waals surface area contributed by atoms with Crippen LogP contribution in [-0.4, -0.2) is 21.7 Å². The van der Waals surface area contributed by atoms with Gasteiger partial charge in [-0.3, -0.25) is 4.79 Å². The predicted molar refractivity (Wildman–Crippen MR) is 96.6 cm³/mol. The van der Waals surface area contributed by atoms with Crippen LogP contribution < -0.4 is 5.32 Å². The van der Waals surface area contributed by atoms with Crippen LogP contribution in [0.3, 0.4) is 0 Å². The van der Waals surface area contributed by atoms with E-state index < -0.39 is 0 Å². The van der Waals surface area contributed by atoms with Gasteiger partial charge in [0.25, 0.3) is 5.91 Å². The molecule has 1 amide bonds. The van der Waals surface area contributed by atoms with Gasteiger partial charge in [-0.05, 0) is 57.1 Å². The highest BCUT2D eigenvalue weighted by Crippen LogP contribution is 2.27. The normalized spacial score (nSPS) is 14.7. The molecule has 0 fully saturated rings. The van der Waals surface area contributed by atoms with Gasteiger partial charge in [0.1, 0.15) is 0 Å². The van der Waals surface area contributed by atoms with Crippen LogP contribution in [0, 0.1) is 5.92 Å². The summed E-state index contributed by atoms with van der Waals surface area (Å²) in [5.41, 5.74) is 3.97. The number of fused-ring (bicyclic) bond motifs is 1. The first-order valence-electron chi connectivity index (χ1n) is 9.03. The van der Waals surface area contributed by atoms with Gasteiger partial charge in [-0.25, -0.2) is 4.68 Å². The molecule has 0 saturated carbocycles. The van der Waals surface area contributed by atoms with Crippen molar-refractivity contribution < 1.29 is 4.79 Å². The first-order chi connectivity index (χ1) is 11.6. The van der Waals surface area contributed by atoms with E-state index in [1.54, 1.807) is 0 Å². The third-order valence-corrected chi connectivity index (χ3v) is 4.70.